The van der Waals surface area contributed by atoms with Crippen molar-refractivity contribution in [3.05, 3.63) is 24.0 Å². The highest BCUT2D eigenvalue weighted by atomic mass is 16.3. The Labute approximate surface area is 147 Å². The Morgan fingerprint density at radius 3 is 2.80 bits per heavy atom. The Morgan fingerprint density at radius 2 is 2.04 bits per heavy atom. The van der Waals surface area contributed by atoms with Gasteiger partial charge in [-0.3, -0.25) is 0 Å². The van der Waals surface area contributed by atoms with Crippen molar-refractivity contribution in [2.24, 2.45) is 28.8 Å². The molecule has 2 atom stereocenters. The van der Waals surface area contributed by atoms with Crippen LogP contribution in [0.15, 0.2) is 23.6 Å². The Morgan fingerprint density at radius 1 is 1.24 bits per heavy atom. The minimum atomic E-state index is -0.395. The highest BCUT2D eigenvalue weighted by Gasteiger charge is 2.56. The monoisotopic (exact) mass is 334 g/mol. The van der Waals surface area contributed by atoms with E-state index in [1.807, 2.05) is 12.4 Å². The van der Waals surface area contributed by atoms with Gasteiger partial charge in [-0.25, -0.2) is 4.98 Å². The van der Waals surface area contributed by atoms with Crippen LogP contribution in [0.1, 0.15) is 37.7 Å². The minimum Gasteiger partial charge on any atom is -0.390 e. The number of H-pyrrole nitrogens is 1. The molecular weight excluding hydrogens is 311 g/mol. The highest BCUT2D eigenvalue weighted by molar-refractivity contribution is 6.72. The molecule has 3 heterocycles. The van der Waals surface area contributed by atoms with Crippen molar-refractivity contribution >= 4 is 29.1 Å². The van der Waals surface area contributed by atoms with Crippen molar-refractivity contribution in [2.45, 2.75) is 44.5 Å². The molecule has 25 heavy (non-hydrogen) atoms. The zero-order valence-electron chi connectivity index (χ0n) is 14.5. The summed E-state index contributed by atoms with van der Waals surface area (Å²) in [6, 6.07) is 2.14. The van der Waals surface area contributed by atoms with Crippen LogP contribution in [0.5, 0.6) is 0 Å². The molecule has 0 radical (unpaired) electrons. The van der Waals surface area contributed by atoms with Crippen molar-refractivity contribution in [3.63, 3.8) is 0 Å². The van der Waals surface area contributed by atoms with Crippen molar-refractivity contribution in [1.29, 1.82) is 0 Å². The number of hydrazone groups is 1. The summed E-state index contributed by atoms with van der Waals surface area (Å²) < 4.78 is 0. The third kappa shape index (κ3) is 1.89. The summed E-state index contributed by atoms with van der Waals surface area (Å²) in [7, 11) is 0. The number of pyridine rings is 1. The molecule has 3 N–H and O–H groups in total. The third-order valence-corrected chi connectivity index (χ3v) is 7.27. The van der Waals surface area contributed by atoms with Crippen LogP contribution in [0, 0.1) is 23.7 Å². The number of hydrogen-bond donors (Lipinski definition) is 3. The van der Waals surface area contributed by atoms with Gasteiger partial charge in [-0.15, -0.1) is 0 Å². The molecule has 4 bridgehead atoms. The summed E-state index contributed by atoms with van der Waals surface area (Å²) in [5, 5.41) is 20.3. The van der Waals surface area contributed by atoms with Crippen LogP contribution in [0.4, 0.5) is 0 Å². The standard InChI is InChI=1S/C19H23BN4O/c1-20-14-9-22-18-13(2-3-21-18)16(14)17(23-24-20)15-11-4-10-5-12(15)8-19(25,6-10)7-11/h2-3,9-12,15,24-25H,4-8H2,1H3,(H,21,22). The van der Waals surface area contributed by atoms with E-state index in [4.69, 9.17) is 5.10 Å². The number of nitrogens with zero attached hydrogens (tertiary/aromatic N) is 2. The van der Waals surface area contributed by atoms with E-state index in [0.29, 0.717) is 17.8 Å². The van der Waals surface area contributed by atoms with Crippen LogP contribution < -0.4 is 10.8 Å². The first-order chi connectivity index (χ1) is 12.1. The van der Waals surface area contributed by atoms with E-state index in [1.165, 1.54) is 35.0 Å². The normalized spacial score (nSPS) is 38.6. The van der Waals surface area contributed by atoms with Gasteiger partial charge >= 0.3 is 6.85 Å². The molecule has 5 nitrogen and oxygen atoms in total. The van der Waals surface area contributed by atoms with E-state index in [1.54, 1.807) is 0 Å². The molecule has 4 fully saturated rings. The molecule has 0 amide bonds. The summed E-state index contributed by atoms with van der Waals surface area (Å²) in [5.41, 5.74) is 4.32. The van der Waals surface area contributed by atoms with E-state index in [-0.39, 0.29) is 6.85 Å². The average molecular weight is 334 g/mol. The molecule has 2 unspecified atom stereocenters. The third-order valence-electron chi connectivity index (χ3n) is 7.27. The zero-order valence-corrected chi connectivity index (χ0v) is 14.5. The predicted molar refractivity (Wildman–Crippen MR) is 99.0 cm³/mol. The second-order valence-electron chi connectivity index (χ2n) is 8.90. The van der Waals surface area contributed by atoms with Gasteiger partial charge in [0.15, 0.2) is 0 Å². The van der Waals surface area contributed by atoms with E-state index in [0.717, 1.165) is 30.8 Å². The largest absolute Gasteiger partial charge is 0.390 e. The van der Waals surface area contributed by atoms with E-state index >= 15 is 0 Å². The van der Waals surface area contributed by atoms with Crippen LogP contribution in [-0.4, -0.2) is 33.2 Å². The average Bonchev–Trinajstić information content (AvgIpc) is 3.03. The molecule has 7 rings (SSSR count). The van der Waals surface area contributed by atoms with Gasteiger partial charge in [0.05, 0.1) is 11.3 Å². The minimum absolute atomic E-state index is 0.187. The number of aromatic nitrogens is 2. The lowest BCUT2D eigenvalue weighted by Crippen LogP contribution is -2.58. The fourth-order valence-corrected chi connectivity index (χ4v) is 6.60. The number of rotatable bonds is 1. The molecule has 4 saturated carbocycles. The first kappa shape index (κ1) is 14.4. The molecular formula is C19H23BN4O. The van der Waals surface area contributed by atoms with Gasteiger partial charge in [-0.1, -0.05) is 6.82 Å². The molecule has 2 aromatic rings. The highest BCUT2D eigenvalue weighted by Crippen LogP contribution is 2.59. The van der Waals surface area contributed by atoms with E-state index in [9.17, 15) is 5.11 Å². The molecule has 4 aliphatic carbocycles. The maximum absolute atomic E-state index is 10.9. The molecule has 0 aromatic carbocycles. The van der Waals surface area contributed by atoms with Crippen LogP contribution >= 0.6 is 0 Å². The summed E-state index contributed by atoms with van der Waals surface area (Å²) in [6.45, 7) is 2.34. The molecule has 2 aromatic heterocycles. The Hall–Kier alpha value is -1.82. The summed E-state index contributed by atoms with van der Waals surface area (Å²) in [5.74, 6) is 2.33. The number of nitrogens with one attached hydrogen (secondary N) is 2. The Bertz CT molecular complexity index is 890. The van der Waals surface area contributed by atoms with Gasteiger partial charge < -0.3 is 15.4 Å². The number of hydrogen-bond acceptors (Lipinski definition) is 4. The molecule has 6 heteroatoms. The lowest BCUT2D eigenvalue weighted by molar-refractivity contribution is -0.137. The Kier molecular flexibility index (Phi) is 2.68. The molecule has 128 valence electrons. The zero-order chi connectivity index (χ0) is 16.8. The van der Waals surface area contributed by atoms with Gasteiger partial charge in [0.1, 0.15) is 5.65 Å². The second kappa shape index (κ2) is 4.67. The number of aliphatic hydroxyl groups is 1. The smallest absolute Gasteiger partial charge is 0.304 e. The molecule has 5 aliphatic rings. The quantitative estimate of drug-likeness (QED) is 0.697. The maximum Gasteiger partial charge on any atom is 0.304 e. The van der Waals surface area contributed by atoms with Gasteiger partial charge in [-0.05, 0) is 61.4 Å². The van der Waals surface area contributed by atoms with E-state index in [2.05, 4.69) is 28.2 Å². The van der Waals surface area contributed by atoms with Gasteiger partial charge in [0.25, 0.3) is 0 Å². The summed E-state index contributed by atoms with van der Waals surface area (Å²) in [6.07, 6.45) is 9.43. The first-order valence-corrected chi connectivity index (χ1v) is 9.63. The Balaban J connectivity index is 1.51. The fourth-order valence-electron chi connectivity index (χ4n) is 6.60. The van der Waals surface area contributed by atoms with Crippen LogP contribution in [0.25, 0.3) is 11.0 Å². The molecule has 1 aliphatic heterocycles. The first-order valence-electron chi connectivity index (χ1n) is 9.63. The molecule has 0 saturated heterocycles. The van der Waals surface area contributed by atoms with Crippen LogP contribution in [0.2, 0.25) is 6.82 Å². The summed E-state index contributed by atoms with van der Waals surface area (Å²) >= 11 is 0. The van der Waals surface area contributed by atoms with Gasteiger partial charge in [0.2, 0.25) is 0 Å². The van der Waals surface area contributed by atoms with Crippen molar-refractivity contribution in [1.82, 2.24) is 15.3 Å². The van der Waals surface area contributed by atoms with Gasteiger partial charge in [0, 0.05) is 29.3 Å². The van der Waals surface area contributed by atoms with Crippen molar-refractivity contribution in [2.75, 3.05) is 0 Å². The SMILES string of the molecule is CB1NN=C(C2C3CC4CC2CC(O)(C4)C3)c2c1cnc1[nH]ccc21. The number of aromatic amines is 1. The van der Waals surface area contributed by atoms with Crippen LogP contribution in [-0.2, 0) is 0 Å². The summed E-state index contributed by atoms with van der Waals surface area (Å²) in [4.78, 5) is 7.85. The maximum atomic E-state index is 10.9. The van der Waals surface area contributed by atoms with Crippen molar-refractivity contribution < 1.29 is 5.11 Å². The number of fused-ring (bicyclic) bond motifs is 3. The fraction of sp³-hybridized carbons (Fsp3) is 0.579. The second-order valence-corrected chi connectivity index (χ2v) is 8.90. The van der Waals surface area contributed by atoms with E-state index < -0.39 is 5.60 Å². The van der Waals surface area contributed by atoms with Gasteiger partial charge in [-0.2, -0.15) is 5.10 Å². The van der Waals surface area contributed by atoms with Crippen LogP contribution in [0.3, 0.4) is 0 Å². The molecule has 0 spiro atoms. The topological polar surface area (TPSA) is 73.3 Å². The lowest BCUT2D eigenvalue weighted by Gasteiger charge is -2.58. The predicted octanol–water partition coefficient (Wildman–Crippen LogP) is 1.89. The lowest BCUT2D eigenvalue weighted by atomic mass is 9.48. The van der Waals surface area contributed by atoms with Crippen molar-refractivity contribution in [3.8, 4) is 0 Å².